The predicted octanol–water partition coefficient (Wildman–Crippen LogP) is 3.76. The van der Waals surface area contributed by atoms with Crippen LogP contribution in [0.5, 0.6) is 5.75 Å². The number of fused-ring (bicyclic) bond motifs is 1. The van der Waals surface area contributed by atoms with Gasteiger partial charge in [0.25, 0.3) is 0 Å². The molecule has 23 heavy (non-hydrogen) atoms. The van der Waals surface area contributed by atoms with Crippen LogP contribution in [0.2, 0.25) is 0 Å². The fourth-order valence-electron chi connectivity index (χ4n) is 3.83. The van der Waals surface area contributed by atoms with Crippen LogP contribution in [0.1, 0.15) is 44.0 Å². The summed E-state index contributed by atoms with van der Waals surface area (Å²) in [4.78, 5) is 4.61. The van der Waals surface area contributed by atoms with Gasteiger partial charge >= 0.3 is 0 Å². The molecule has 0 radical (unpaired) electrons. The van der Waals surface area contributed by atoms with Gasteiger partial charge in [0.05, 0.1) is 18.7 Å². The van der Waals surface area contributed by atoms with Crippen molar-refractivity contribution >= 4 is 12.4 Å². The van der Waals surface area contributed by atoms with Crippen molar-refractivity contribution in [1.82, 2.24) is 15.5 Å². The van der Waals surface area contributed by atoms with Crippen molar-refractivity contribution in [2.45, 2.75) is 44.2 Å². The van der Waals surface area contributed by atoms with E-state index in [-0.39, 0.29) is 18.4 Å². The van der Waals surface area contributed by atoms with Crippen LogP contribution >= 0.6 is 12.4 Å². The molecule has 1 N–H and O–H groups in total. The van der Waals surface area contributed by atoms with Gasteiger partial charge in [0, 0.05) is 6.04 Å². The quantitative estimate of drug-likeness (QED) is 0.925. The minimum atomic E-state index is 0. The molecule has 2 fully saturated rings. The molecule has 3 atom stereocenters. The Balaban J connectivity index is 0.00000156. The van der Waals surface area contributed by atoms with E-state index >= 15 is 0 Å². The van der Waals surface area contributed by atoms with Gasteiger partial charge in [0.1, 0.15) is 5.75 Å². The van der Waals surface area contributed by atoms with Crippen LogP contribution in [0.4, 0.5) is 0 Å². The van der Waals surface area contributed by atoms with Crippen LogP contribution in [0.3, 0.4) is 0 Å². The summed E-state index contributed by atoms with van der Waals surface area (Å²) in [6.07, 6.45) is 6.39. The molecular weight excluding hydrogens is 314 g/mol. The number of ether oxygens (including phenoxy) is 1. The Morgan fingerprint density at radius 2 is 2.04 bits per heavy atom. The highest BCUT2D eigenvalue weighted by Crippen LogP contribution is 2.39. The molecule has 1 aliphatic heterocycles. The van der Waals surface area contributed by atoms with Crippen molar-refractivity contribution in [1.29, 1.82) is 0 Å². The average Bonchev–Trinajstić information content (AvgIpc) is 3.21. The molecule has 3 unspecified atom stereocenters. The van der Waals surface area contributed by atoms with Gasteiger partial charge in [0.15, 0.2) is 0 Å². The van der Waals surface area contributed by atoms with Gasteiger partial charge in [-0.2, -0.15) is 4.98 Å². The van der Waals surface area contributed by atoms with E-state index in [1.807, 2.05) is 24.3 Å². The van der Waals surface area contributed by atoms with Gasteiger partial charge in [-0.05, 0) is 37.3 Å². The van der Waals surface area contributed by atoms with Crippen molar-refractivity contribution in [3.63, 3.8) is 0 Å². The van der Waals surface area contributed by atoms with Crippen LogP contribution in [-0.2, 0) is 0 Å². The lowest BCUT2D eigenvalue weighted by Gasteiger charge is -2.24. The Morgan fingerprint density at radius 3 is 2.87 bits per heavy atom. The summed E-state index contributed by atoms with van der Waals surface area (Å²) in [6.45, 7) is 0. The van der Waals surface area contributed by atoms with Gasteiger partial charge in [-0.15, -0.1) is 12.4 Å². The second-order valence-electron chi connectivity index (χ2n) is 6.26. The molecule has 1 aromatic carbocycles. The number of rotatable bonds is 3. The Bertz CT molecular complexity index is 647. The Kier molecular flexibility index (Phi) is 4.87. The van der Waals surface area contributed by atoms with Gasteiger partial charge in [-0.25, -0.2) is 0 Å². The van der Waals surface area contributed by atoms with Crippen molar-refractivity contribution in [3.05, 3.63) is 30.2 Å². The van der Waals surface area contributed by atoms with Crippen LogP contribution in [0.25, 0.3) is 11.4 Å². The Hall–Kier alpha value is -1.59. The van der Waals surface area contributed by atoms with E-state index in [1.54, 1.807) is 7.11 Å². The predicted molar refractivity (Wildman–Crippen MR) is 89.8 cm³/mol. The molecule has 0 bridgehead atoms. The lowest BCUT2D eigenvalue weighted by molar-refractivity contribution is 0.324. The summed E-state index contributed by atoms with van der Waals surface area (Å²) in [5.74, 6) is 2.84. The van der Waals surface area contributed by atoms with Gasteiger partial charge in [-0.1, -0.05) is 30.1 Å². The molecule has 4 rings (SSSR count). The van der Waals surface area contributed by atoms with Gasteiger partial charge in [0.2, 0.25) is 11.7 Å². The molecular formula is C17H22ClN3O2. The monoisotopic (exact) mass is 335 g/mol. The van der Waals surface area contributed by atoms with E-state index in [9.17, 15) is 0 Å². The van der Waals surface area contributed by atoms with Crippen LogP contribution in [0, 0.1) is 5.92 Å². The van der Waals surface area contributed by atoms with Crippen LogP contribution in [0.15, 0.2) is 28.8 Å². The molecule has 1 aliphatic carbocycles. The van der Waals surface area contributed by atoms with E-state index in [4.69, 9.17) is 9.26 Å². The van der Waals surface area contributed by atoms with E-state index in [1.165, 1.54) is 25.7 Å². The Labute approximate surface area is 142 Å². The smallest absolute Gasteiger partial charge is 0.244 e. The van der Waals surface area contributed by atoms with E-state index in [0.717, 1.165) is 23.7 Å². The number of aromatic nitrogens is 2. The van der Waals surface area contributed by atoms with Crippen molar-refractivity contribution in [2.75, 3.05) is 7.11 Å². The summed E-state index contributed by atoms with van der Waals surface area (Å²) in [5, 5.41) is 7.83. The second-order valence-corrected chi connectivity index (χ2v) is 6.26. The highest BCUT2D eigenvalue weighted by molar-refractivity contribution is 5.85. The number of para-hydroxylation sites is 1. The molecule has 0 spiro atoms. The SMILES string of the molecule is COc1ccccc1-c1noc(C2CC3CCCCC3N2)n1.Cl. The van der Waals surface area contributed by atoms with Gasteiger partial charge < -0.3 is 14.6 Å². The maximum absolute atomic E-state index is 5.53. The summed E-state index contributed by atoms with van der Waals surface area (Å²) in [6, 6.07) is 8.58. The Morgan fingerprint density at radius 1 is 1.22 bits per heavy atom. The first-order valence-corrected chi connectivity index (χ1v) is 8.08. The first-order valence-electron chi connectivity index (χ1n) is 8.08. The van der Waals surface area contributed by atoms with Gasteiger partial charge in [-0.3, -0.25) is 0 Å². The third-order valence-electron chi connectivity index (χ3n) is 4.95. The van der Waals surface area contributed by atoms with E-state index in [2.05, 4.69) is 15.5 Å². The maximum atomic E-state index is 5.53. The van der Waals surface area contributed by atoms with Crippen molar-refractivity contribution < 1.29 is 9.26 Å². The average molecular weight is 336 g/mol. The zero-order valence-corrected chi connectivity index (χ0v) is 14.0. The fraction of sp³-hybridized carbons (Fsp3) is 0.529. The molecule has 1 aromatic heterocycles. The molecule has 6 heteroatoms. The molecule has 0 amide bonds. The van der Waals surface area contributed by atoms with Crippen molar-refractivity contribution in [3.8, 4) is 17.1 Å². The number of hydrogen-bond acceptors (Lipinski definition) is 5. The maximum Gasteiger partial charge on any atom is 0.244 e. The molecule has 2 aliphatic rings. The molecule has 5 nitrogen and oxygen atoms in total. The summed E-state index contributed by atoms with van der Waals surface area (Å²) in [5.41, 5.74) is 0.871. The third-order valence-corrected chi connectivity index (χ3v) is 4.95. The lowest BCUT2D eigenvalue weighted by atomic mass is 9.85. The zero-order chi connectivity index (χ0) is 14.9. The topological polar surface area (TPSA) is 60.2 Å². The number of halogens is 1. The lowest BCUT2D eigenvalue weighted by Crippen LogP contribution is -2.30. The van der Waals surface area contributed by atoms with Crippen molar-refractivity contribution in [2.24, 2.45) is 5.92 Å². The third kappa shape index (κ3) is 3.08. The minimum absolute atomic E-state index is 0. The highest BCUT2D eigenvalue weighted by Gasteiger charge is 2.38. The largest absolute Gasteiger partial charge is 0.496 e. The second kappa shape index (κ2) is 6.89. The summed E-state index contributed by atoms with van der Waals surface area (Å²) in [7, 11) is 1.66. The molecule has 2 aromatic rings. The number of benzene rings is 1. The zero-order valence-electron chi connectivity index (χ0n) is 13.2. The standard InChI is InChI=1S/C17H21N3O2.ClH/c1-21-15-9-5-3-7-12(15)16-19-17(22-20-16)14-10-11-6-2-4-8-13(11)18-14;/h3,5,7,9,11,13-14,18H,2,4,6,8,10H2,1H3;1H. The number of nitrogens with zero attached hydrogens (tertiary/aromatic N) is 2. The molecule has 124 valence electrons. The van der Waals surface area contributed by atoms with Crippen LogP contribution in [-0.4, -0.2) is 23.3 Å². The minimum Gasteiger partial charge on any atom is -0.496 e. The number of hydrogen-bond donors (Lipinski definition) is 1. The fourth-order valence-corrected chi connectivity index (χ4v) is 3.83. The molecule has 1 saturated heterocycles. The number of nitrogens with one attached hydrogen (secondary N) is 1. The van der Waals surface area contributed by atoms with E-state index < -0.39 is 0 Å². The van der Waals surface area contributed by atoms with E-state index in [0.29, 0.717) is 17.8 Å². The van der Waals surface area contributed by atoms with Crippen LogP contribution < -0.4 is 10.1 Å². The summed E-state index contributed by atoms with van der Waals surface area (Å²) < 4.78 is 10.9. The first-order chi connectivity index (χ1) is 10.8. The molecule has 1 saturated carbocycles. The summed E-state index contributed by atoms with van der Waals surface area (Å²) >= 11 is 0. The highest BCUT2D eigenvalue weighted by atomic mass is 35.5. The first kappa shape index (κ1) is 16.3. The number of methoxy groups -OCH3 is 1. The molecule has 2 heterocycles. The normalized spacial score (nSPS) is 26.4.